The third-order valence-corrected chi connectivity index (χ3v) is 7.56. The largest absolute Gasteiger partial charge is 0.376 e. The molecule has 0 radical (unpaired) electrons. The smallest absolute Gasteiger partial charge is 0.261 e. The van der Waals surface area contributed by atoms with Crippen LogP contribution in [0.5, 0.6) is 0 Å². The molecule has 2 aromatic rings. The van der Waals surface area contributed by atoms with Gasteiger partial charge >= 0.3 is 0 Å². The zero-order chi connectivity index (χ0) is 21.4. The molecule has 2 N–H and O–H groups in total. The predicted octanol–water partition coefficient (Wildman–Crippen LogP) is 3.43. The van der Waals surface area contributed by atoms with Crippen molar-refractivity contribution in [2.24, 2.45) is 0 Å². The molecule has 1 saturated heterocycles. The van der Waals surface area contributed by atoms with Crippen molar-refractivity contribution in [2.45, 2.75) is 55.9 Å². The summed E-state index contributed by atoms with van der Waals surface area (Å²) in [6.45, 7) is 5.16. The third-order valence-electron chi connectivity index (χ3n) is 6.18. The average Bonchev–Trinajstić information content (AvgIpc) is 3.36. The first-order valence-electron chi connectivity index (χ1n) is 10.4. The van der Waals surface area contributed by atoms with Gasteiger partial charge in [-0.05, 0) is 80.5 Å². The Labute approximate surface area is 178 Å². The molecule has 0 bridgehead atoms. The minimum atomic E-state index is -3.66. The van der Waals surface area contributed by atoms with Gasteiger partial charge in [0.2, 0.25) is 5.91 Å². The molecule has 7 heteroatoms. The Kier molecular flexibility index (Phi) is 5.59. The van der Waals surface area contributed by atoms with Crippen molar-refractivity contribution in [1.82, 2.24) is 5.32 Å². The molecule has 30 heavy (non-hydrogen) atoms. The lowest BCUT2D eigenvalue weighted by molar-refractivity contribution is -0.124. The summed E-state index contributed by atoms with van der Waals surface area (Å²) in [4.78, 5) is 13.0. The monoisotopic (exact) mass is 428 g/mol. The summed E-state index contributed by atoms with van der Waals surface area (Å²) in [7, 11) is -3.66. The first kappa shape index (κ1) is 20.9. The molecule has 0 spiro atoms. The Balaban J connectivity index is 1.43. The fraction of sp³-hybridized carbons (Fsp3) is 0.435. The van der Waals surface area contributed by atoms with Gasteiger partial charge in [-0.3, -0.25) is 9.52 Å². The molecular weight excluding hydrogens is 400 g/mol. The molecule has 1 unspecified atom stereocenters. The number of carbonyl (C=O) groups is 1. The highest BCUT2D eigenvalue weighted by Gasteiger charge is 2.51. The number of benzene rings is 2. The van der Waals surface area contributed by atoms with Gasteiger partial charge in [-0.2, -0.15) is 0 Å². The maximum atomic E-state index is 12.8. The van der Waals surface area contributed by atoms with E-state index in [1.807, 2.05) is 26.0 Å². The van der Waals surface area contributed by atoms with E-state index in [0.717, 1.165) is 49.0 Å². The van der Waals surface area contributed by atoms with Crippen LogP contribution in [0.2, 0.25) is 0 Å². The Morgan fingerprint density at radius 2 is 1.83 bits per heavy atom. The van der Waals surface area contributed by atoms with Gasteiger partial charge < -0.3 is 10.1 Å². The summed E-state index contributed by atoms with van der Waals surface area (Å²) in [5.41, 5.74) is 2.88. The highest BCUT2D eigenvalue weighted by molar-refractivity contribution is 7.92. The lowest BCUT2D eigenvalue weighted by atomic mass is 9.94. The van der Waals surface area contributed by atoms with Crippen molar-refractivity contribution >= 4 is 21.6 Å². The fourth-order valence-corrected chi connectivity index (χ4v) is 5.05. The van der Waals surface area contributed by atoms with Gasteiger partial charge in [-0.15, -0.1) is 0 Å². The number of amides is 1. The van der Waals surface area contributed by atoms with Crippen LogP contribution in [0.1, 0.15) is 42.4 Å². The maximum Gasteiger partial charge on any atom is 0.261 e. The van der Waals surface area contributed by atoms with Crippen LogP contribution in [-0.2, 0) is 25.0 Å². The van der Waals surface area contributed by atoms with E-state index >= 15 is 0 Å². The van der Waals surface area contributed by atoms with E-state index in [-0.39, 0.29) is 16.9 Å². The van der Waals surface area contributed by atoms with Crippen LogP contribution >= 0.6 is 0 Å². The van der Waals surface area contributed by atoms with Gasteiger partial charge in [0, 0.05) is 18.8 Å². The van der Waals surface area contributed by atoms with E-state index in [1.54, 1.807) is 30.3 Å². The number of nitrogens with one attached hydrogen (secondary N) is 2. The topological polar surface area (TPSA) is 84.5 Å². The number of anilines is 1. The molecule has 0 aromatic heterocycles. The standard InChI is InChI=1S/C23H28N2O4S/c1-16-5-10-21(14-17(16)2)30(27,28)25-19-8-6-18(7-9-19)23(11-12-23)22(26)24-15-20-4-3-13-29-20/h5-10,14,20,25H,3-4,11-13,15H2,1-2H3,(H,24,26). The molecular formula is C23H28N2O4S. The third kappa shape index (κ3) is 4.23. The second-order valence-electron chi connectivity index (χ2n) is 8.36. The van der Waals surface area contributed by atoms with Gasteiger partial charge in [-0.25, -0.2) is 8.42 Å². The highest BCUT2D eigenvalue weighted by atomic mass is 32.2. The Hall–Kier alpha value is -2.38. The molecule has 4 rings (SSSR count). The van der Waals surface area contributed by atoms with Crippen molar-refractivity contribution in [1.29, 1.82) is 0 Å². The summed E-state index contributed by atoms with van der Waals surface area (Å²) in [5.74, 6) is 0.0291. The van der Waals surface area contributed by atoms with E-state index in [0.29, 0.717) is 12.2 Å². The van der Waals surface area contributed by atoms with Crippen LogP contribution < -0.4 is 10.0 Å². The number of hydrogen-bond donors (Lipinski definition) is 2. The number of hydrogen-bond acceptors (Lipinski definition) is 4. The average molecular weight is 429 g/mol. The van der Waals surface area contributed by atoms with Crippen LogP contribution in [0.15, 0.2) is 47.4 Å². The van der Waals surface area contributed by atoms with Gasteiger partial charge in [0.05, 0.1) is 16.4 Å². The molecule has 1 aliphatic heterocycles. The lowest BCUT2D eigenvalue weighted by Gasteiger charge is -2.18. The molecule has 1 atom stereocenters. The molecule has 1 saturated carbocycles. The number of carbonyl (C=O) groups excluding carboxylic acids is 1. The number of ether oxygens (including phenoxy) is 1. The van der Waals surface area contributed by atoms with Gasteiger partial charge in [0.15, 0.2) is 0 Å². The molecule has 160 valence electrons. The van der Waals surface area contributed by atoms with Gasteiger partial charge in [-0.1, -0.05) is 18.2 Å². The van der Waals surface area contributed by atoms with Gasteiger partial charge in [0.1, 0.15) is 0 Å². The minimum Gasteiger partial charge on any atom is -0.376 e. The maximum absolute atomic E-state index is 12.8. The molecule has 2 aliphatic rings. The molecule has 2 fully saturated rings. The second-order valence-corrected chi connectivity index (χ2v) is 10.0. The van der Waals surface area contributed by atoms with E-state index in [1.165, 1.54) is 0 Å². The molecule has 1 heterocycles. The van der Waals surface area contributed by atoms with Crippen LogP contribution in [0.3, 0.4) is 0 Å². The van der Waals surface area contributed by atoms with E-state index < -0.39 is 15.4 Å². The quantitative estimate of drug-likeness (QED) is 0.708. The van der Waals surface area contributed by atoms with Crippen LogP contribution in [0.25, 0.3) is 0 Å². The highest BCUT2D eigenvalue weighted by Crippen LogP contribution is 2.48. The summed E-state index contributed by atoms with van der Waals surface area (Å²) >= 11 is 0. The summed E-state index contributed by atoms with van der Waals surface area (Å²) in [5, 5.41) is 3.03. The first-order valence-corrected chi connectivity index (χ1v) is 11.9. The van der Waals surface area contributed by atoms with E-state index in [9.17, 15) is 13.2 Å². The van der Waals surface area contributed by atoms with Crippen molar-refractivity contribution in [2.75, 3.05) is 17.9 Å². The van der Waals surface area contributed by atoms with Crippen molar-refractivity contribution in [3.8, 4) is 0 Å². The molecule has 1 amide bonds. The first-order chi connectivity index (χ1) is 14.3. The second kappa shape index (κ2) is 8.04. The summed E-state index contributed by atoms with van der Waals surface area (Å²) < 4.78 is 33.6. The number of sulfonamides is 1. The Bertz CT molecular complexity index is 1040. The molecule has 1 aliphatic carbocycles. The van der Waals surface area contributed by atoms with E-state index in [2.05, 4.69) is 10.0 Å². The lowest BCUT2D eigenvalue weighted by Crippen LogP contribution is -2.39. The van der Waals surface area contributed by atoms with Crippen molar-refractivity contribution in [3.63, 3.8) is 0 Å². The minimum absolute atomic E-state index is 0.0291. The van der Waals surface area contributed by atoms with Crippen molar-refractivity contribution < 1.29 is 17.9 Å². The van der Waals surface area contributed by atoms with E-state index in [4.69, 9.17) is 4.74 Å². The number of rotatable bonds is 7. The zero-order valence-electron chi connectivity index (χ0n) is 17.4. The molecule has 2 aromatic carbocycles. The number of aryl methyl sites for hydroxylation is 2. The van der Waals surface area contributed by atoms with Crippen molar-refractivity contribution in [3.05, 3.63) is 59.2 Å². The normalized spacial score (nSPS) is 20.0. The van der Waals surface area contributed by atoms with Crippen LogP contribution in [0.4, 0.5) is 5.69 Å². The fourth-order valence-electron chi connectivity index (χ4n) is 3.91. The SMILES string of the molecule is Cc1ccc(S(=O)(=O)Nc2ccc(C3(C(=O)NCC4CCCO4)CC3)cc2)cc1C. The Morgan fingerprint density at radius 1 is 1.10 bits per heavy atom. The molecule has 6 nitrogen and oxygen atoms in total. The van der Waals surface area contributed by atoms with Crippen LogP contribution in [-0.4, -0.2) is 33.6 Å². The van der Waals surface area contributed by atoms with Gasteiger partial charge in [0.25, 0.3) is 10.0 Å². The Morgan fingerprint density at radius 3 is 2.43 bits per heavy atom. The predicted molar refractivity (Wildman–Crippen MR) is 116 cm³/mol. The summed E-state index contributed by atoms with van der Waals surface area (Å²) in [6.07, 6.45) is 3.76. The van der Waals surface area contributed by atoms with Crippen LogP contribution in [0, 0.1) is 13.8 Å². The summed E-state index contributed by atoms with van der Waals surface area (Å²) in [6, 6.07) is 12.2. The zero-order valence-corrected chi connectivity index (χ0v) is 18.2.